The lowest BCUT2D eigenvalue weighted by Crippen LogP contribution is -2.19. The molecule has 0 bridgehead atoms. The standard InChI is InChI=1S/C20H18N6O3/c27-10-11-2-1-3-12(6-11)15-8-17(22-14-4-5-14)26-18(23-15)13(9-21-26)7-16-19(28)25-20(29)24-16/h1-3,6-9,14,27-28H,4-5,10H2,(H2,24,25,29)/b13-7+,22-17?. The molecule has 146 valence electrons. The Balaban J connectivity index is 1.77. The molecule has 1 saturated carbocycles. The molecular formula is C20H18N6O3. The van der Waals surface area contributed by atoms with Crippen molar-refractivity contribution in [2.75, 3.05) is 0 Å². The summed E-state index contributed by atoms with van der Waals surface area (Å²) in [5.41, 5.74) is 3.35. The summed E-state index contributed by atoms with van der Waals surface area (Å²) >= 11 is 0. The predicted octanol–water partition coefficient (Wildman–Crippen LogP) is 0.221. The van der Waals surface area contributed by atoms with Crippen molar-refractivity contribution in [1.29, 1.82) is 0 Å². The van der Waals surface area contributed by atoms with Crippen molar-refractivity contribution in [3.05, 3.63) is 69.0 Å². The molecule has 0 radical (unpaired) electrons. The van der Waals surface area contributed by atoms with Crippen molar-refractivity contribution in [1.82, 2.24) is 24.6 Å². The van der Waals surface area contributed by atoms with Gasteiger partial charge in [0.25, 0.3) is 0 Å². The first-order chi connectivity index (χ1) is 14.1. The normalized spacial score (nSPS) is 15.5. The number of aliphatic hydroxyl groups is 1. The molecule has 1 aromatic carbocycles. The van der Waals surface area contributed by atoms with Gasteiger partial charge in [-0.2, -0.15) is 9.61 Å². The average molecular weight is 390 g/mol. The Morgan fingerprint density at radius 3 is 2.86 bits per heavy atom. The van der Waals surface area contributed by atoms with Gasteiger partial charge in [0.2, 0.25) is 5.88 Å². The molecule has 29 heavy (non-hydrogen) atoms. The van der Waals surface area contributed by atoms with E-state index in [1.807, 2.05) is 30.3 Å². The zero-order valence-electron chi connectivity index (χ0n) is 15.3. The van der Waals surface area contributed by atoms with E-state index >= 15 is 0 Å². The van der Waals surface area contributed by atoms with Gasteiger partial charge in [0.1, 0.15) is 5.69 Å². The van der Waals surface area contributed by atoms with Crippen LogP contribution in [-0.4, -0.2) is 40.8 Å². The van der Waals surface area contributed by atoms with Crippen LogP contribution >= 0.6 is 0 Å². The van der Waals surface area contributed by atoms with E-state index in [9.17, 15) is 15.0 Å². The third-order valence-corrected chi connectivity index (χ3v) is 4.78. The summed E-state index contributed by atoms with van der Waals surface area (Å²) in [5, 5.41) is 24.4. The lowest BCUT2D eigenvalue weighted by Gasteiger charge is -2.05. The predicted molar refractivity (Wildman–Crippen MR) is 105 cm³/mol. The molecule has 3 aromatic heterocycles. The quantitative estimate of drug-likeness (QED) is 0.396. The van der Waals surface area contributed by atoms with Gasteiger partial charge in [0, 0.05) is 16.8 Å². The smallest absolute Gasteiger partial charge is 0.326 e. The largest absolute Gasteiger partial charge is 0.493 e. The van der Waals surface area contributed by atoms with Crippen LogP contribution in [0.2, 0.25) is 0 Å². The highest BCUT2D eigenvalue weighted by molar-refractivity contribution is 5.64. The van der Waals surface area contributed by atoms with Crippen LogP contribution in [0.25, 0.3) is 23.0 Å². The highest BCUT2D eigenvalue weighted by Gasteiger charge is 2.20. The van der Waals surface area contributed by atoms with Crippen molar-refractivity contribution in [3.8, 4) is 17.1 Å². The topological polar surface area (TPSA) is 132 Å². The van der Waals surface area contributed by atoms with Crippen LogP contribution in [0.3, 0.4) is 0 Å². The highest BCUT2D eigenvalue weighted by Crippen LogP contribution is 2.23. The first kappa shape index (κ1) is 17.4. The van der Waals surface area contributed by atoms with E-state index in [4.69, 9.17) is 9.98 Å². The van der Waals surface area contributed by atoms with E-state index in [1.165, 1.54) is 0 Å². The van der Waals surface area contributed by atoms with Gasteiger partial charge in [-0.3, -0.25) is 9.98 Å². The molecule has 1 aliphatic carbocycles. The van der Waals surface area contributed by atoms with Crippen molar-refractivity contribution in [2.45, 2.75) is 25.5 Å². The number of nitrogens with one attached hydrogen (secondary N) is 2. The zero-order valence-corrected chi connectivity index (χ0v) is 15.3. The number of aromatic hydroxyl groups is 1. The molecule has 0 amide bonds. The maximum Gasteiger partial charge on any atom is 0.326 e. The summed E-state index contributed by atoms with van der Waals surface area (Å²) < 4.78 is 1.66. The van der Waals surface area contributed by atoms with Gasteiger partial charge < -0.3 is 15.2 Å². The monoisotopic (exact) mass is 390 g/mol. The number of H-pyrrole nitrogens is 2. The van der Waals surface area contributed by atoms with Gasteiger partial charge in [-0.05, 0) is 30.5 Å². The van der Waals surface area contributed by atoms with Gasteiger partial charge in [0.05, 0.1) is 24.5 Å². The van der Waals surface area contributed by atoms with E-state index in [0.717, 1.165) is 24.0 Å². The van der Waals surface area contributed by atoms with Gasteiger partial charge in [-0.1, -0.05) is 18.2 Å². The van der Waals surface area contributed by atoms with Gasteiger partial charge in [-0.15, -0.1) is 0 Å². The number of hydrogen-bond acceptors (Lipinski definition) is 6. The second kappa shape index (κ2) is 6.71. The lowest BCUT2D eigenvalue weighted by atomic mass is 10.1. The van der Waals surface area contributed by atoms with Crippen molar-refractivity contribution in [3.63, 3.8) is 0 Å². The molecule has 0 aliphatic heterocycles. The van der Waals surface area contributed by atoms with Crippen molar-refractivity contribution >= 4 is 11.7 Å². The van der Waals surface area contributed by atoms with E-state index in [0.29, 0.717) is 28.1 Å². The average Bonchev–Trinajstić information content (AvgIpc) is 3.36. The second-order valence-electron chi connectivity index (χ2n) is 7.04. The third kappa shape index (κ3) is 3.32. The summed E-state index contributed by atoms with van der Waals surface area (Å²) in [5.74, 6) is -0.246. The van der Waals surface area contributed by atoms with Crippen LogP contribution < -0.4 is 16.4 Å². The van der Waals surface area contributed by atoms with E-state index in [-0.39, 0.29) is 18.2 Å². The van der Waals surface area contributed by atoms with Crippen LogP contribution in [0.1, 0.15) is 24.1 Å². The van der Waals surface area contributed by atoms with Crippen LogP contribution in [0.5, 0.6) is 5.88 Å². The highest BCUT2D eigenvalue weighted by atomic mass is 16.3. The third-order valence-electron chi connectivity index (χ3n) is 4.78. The Labute approximate surface area is 163 Å². The number of rotatable bonds is 4. The molecule has 9 heteroatoms. The fraction of sp³-hybridized carbons (Fsp3) is 0.200. The Hall–Kier alpha value is -3.72. The minimum atomic E-state index is -0.496. The molecule has 0 saturated heterocycles. The molecule has 1 aliphatic rings. The summed E-state index contributed by atoms with van der Waals surface area (Å²) in [6.07, 6.45) is 5.33. The lowest BCUT2D eigenvalue weighted by molar-refractivity contribution is 0.282. The number of aliphatic hydroxyl groups excluding tert-OH is 1. The van der Waals surface area contributed by atoms with Crippen LogP contribution in [-0.2, 0) is 6.61 Å². The minimum absolute atomic E-state index is 0.0543. The molecule has 0 spiro atoms. The van der Waals surface area contributed by atoms with E-state index < -0.39 is 5.69 Å². The summed E-state index contributed by atoms with van der Waals surface area (Å²) in [7, 11) is 0. The SMILES string of the molecule is O=c1[nH]c(O)c(/C=c2\cnn3c(=NC4CC4)cc(-c4cccc(CO)c4)nc23)[nH]1. The number of hydrogen-bond donors (Lipinski definition) is 4. The second-order valence-corrected chi connectivity index (χ2v) is 7.04. The molecule has 4 N–H and O–H groups in total. The molecule has 5 rings (SSSR count). The number of benzene rings is 1. The molecule has 9 nitrogen and oxygen atoms in total. The number of nitrogens with zero attached hydrogens (tertiary/aromatic N) is 4. The molecule has 0 unspecified atom stereocenters. The number of aromatic amines is 2. The fourth-order valence-electron chi connectivity index (χ4n) is 3.17. The number of imidazole rings is 1. The van der Waals surface area contributed by atoms with Gasteiger partial charge in [0.15, 0.2) is 11.1 Å². The molecule has 0 atom stereocenters. The summed E-state index contributed by atoms with van der Waals surface area (Å²) in [6.45, 7) is -0.0543. The van der Waals surface area contributed by atoms with Gasteiger partial charge in [-0.25, -0.2) is 9.78 Å². The maximum atomic E-state index is 11.4. The zero-order chi connectivity index (χ0) is 20.0. The molecule has 3 heterocycles. The molecule has 1 fully saturated rings. The first-order valence-corrected chi connectivity index (χ1v) is 9.26. The first-order valence-electron chi connectivity index (χ1n) is 9.26. The summed E-state index contributed by atoms with van der Waals surface area (Å²) in [4.78, 5) is 25.7. The Morgan fingerprint density at radius 2 is 2.14 bits per heavy atom. The Morgan fingerprint density at radius 1 is 1.28 bits per heavy atom. The number of fused-ring (bicyclic) bond motifs is 1. The van der Waals surface area contributed by atoms with Crippen LogP contribution in [0, 0.1) is 0 Å². The Kier molecular flexibility index (Phi) is 4.02. The van der Waals surface area contributed by atoms with E-state index in [2.05, 4.69) is 15.1 Å². The van der Waals surface area contributed by atoms with Crippen molar-refractivity contribution in [2.24, 2.45) is 4.99 Å². The number of aromatic nitrogens is 5. The van der Waals surface area contributed by atoms with E-state index in [1.54, 1.807) is 16.8 Å². The Bertz CT molecular complexity index is 1390. The molecule has 4 aromatic rings. The minimum Gasteiger partial charge on any atom is -0.493 e. The maximum absolute atomic E-state index is 11.4. The molecular weight excluding hydrogens is 372 g/mol. The van der Waals surface area contributed by atoms with Crippen LogP contribution in [0.15, 0.2) is 46.3 Å². The fourth-order valence-corrected chi connectivity index (χ4v) is 3.17. The van der Waals surface area contributed by atoms with Crippen LogP contribution in [0.4, 0.5) is 0 Å². The summed E-state index contributed by atoms with van der Waals surface area (Å²) in [6, 6.07) is 9.70. The van der Waals surface area contributed by atoms with Crippen molar-refractivity contribution < 1.29 is 10.2 Å². The van der Waals surface area contributed by atoms with Gasteiger partial charge >= 0.3 is 5.69 Å².